The second-order valence-corrected chi connectivity index (χ2v) is 4.37. The molecular weight excluding hydrogens is 242 g/mol. The zero-order valence-electron chi connectivity index (χ0n) is 9.77. The summed E-state index contributed by atoms with van der Waals surface area (Å²) in [6, 6.07) is -0.137. The van der Waals surface area contributed by atoms with Gasteiger partial charge in [0.05, 0.1) is 5.01 Å². The molecule has 2 N–H and O–H groups in total. The summed E-state index contributed by atoms with van der Waals surface area (Å²) in [6.45, 7) is 2.99. The van der Waals surface area contributed by atoms with Gasteiger partial charge in [-0.05, 0) is 6.92 Å². The van der Waals surface area contributed by atoms with Crippen LogP contribution >= 0.6 is 11.3 Å². The van der Waals surface area contributed by atoms with Gasteiger partial charge in [-0.1, -0.05) is 0 Å². The Hall–Kier alpha value is -1.63. The van der Waals surface area contributed by atoms with Crippen LogP contribution in [-0.2, 0) is 6.42 Å². The maximum absolute atomic E-state index is 11.4. The van der Waals surface area contributed by atoms with Crippen LogP contribution in [0.1, 0.15) is 22.4 Å². The summed E-state index contributed by atoms with van der Waals surface area (Å²) in [5, 5.41) is 13.6. The summed E-state index contributed by atoms with van der Waals surface area (Å²) in [5.41, 5.74) is 0.0574. The Labute approximate surface area is 103 Å². The molecule has 0 atom stereocenters. The first-order chi connectivity index (χ1) is 8.04. The number of nitrogens with zero attached hydrogens (tertiary/aromatic N) is 2. The predicted molar refractivity (Wildman–Crippen MR) is 64.5 cm³/mol. The molecule has 0 bridgehead atoms. The van der Waals surface area contributed by atoms with Crippen molar-refractivity contribution in [2.24, 2.45) is 0 Å². The van der Waals surface area contributed by atoms with Gasteiger partial charge in [-0.3, -0.25) is 0 Å². The lowest BCUT2D eigenvalue weighted by molar-refractivity contribution is 0.0691. The number of carbonyl (C=O) groups excluding carboxylic acids is 1. The van der Waals surface area contributed by atoms with Crippen LogP contribution in [0, 0.1) is 0 Å². The van der Waals surface area contributed by atoms with E-state index in [9.17, 15) is 9.59 Å². The molecule has 0 fully saturated rings. The molecule has 0 aromatic carbocycles. The molecule has 0 saturated heterocycles. The number of carboxylic acid groups (broad SMARTS) is 1. The van der Waals surface area contributed by atoms with Gasteiger partial charge in [0.2, 0.25) is 0 Å². The topological polar surface area (TPSA) is 82.5 Å². The standard InChI is InChI=1S/C10H15N3O3S/c1-3-13(2)10(16)11-5-4-8-12-7(6-17-8)9(14)15/h6H,3-5H2,1-2H3,(H,11,16)(H,14,15). The molecule has 0 aliphatic carbocycles. The molecule has 1 heterocycles. The smallest absolute Gasteiger partial charge is 0.355 e. The molecule has 1 aromatic heterocycles. The van der Waals surface area contributed by atoms with E-state index in [1.54, 1.807) is 11.9 Å². The Morgan fingerprint density at radius 3 is 2.82 bits per heavy atom. The van der Waals surface area contributed by atoms with Gasteiger partial charge in [0.15, 0.2) is 5.69 Å². The van der Waals surface area contributed by atoms with Gasteiger partial charge in [0.25, 0.3) is 0 Å². The second-order valence-electron chi connectivity index (χ2n) is 3.43. The Bertz CT molecular complexity index is 405. The van der Waals surface area contributed by atoms with Crippen molar-refractivity contribution in [1.29, 1.82) is 0 Å². The minimum Gasteiger partial charge on any atom is -0.476 e. The van der Waals surface area contributed by atoms with E-state index in [-0.39, 0.29) is 11.7 Å². The molecule has 0 spiro atoms. The average molecular weight is 257 g/mol. The van der Waals surface area contributed by atoms with Gasteiger partial charge >= 0.3 is 12.0 Å². The van der Waals surface area contributed by atoms with Crippen LogP contribution in [-0.4, -0.2) is 47.1 Å². The second kappa shape index (κ2) is 6.19. The summed E-state index contributed by atoms with van der Waals surface area (Å²) < 4.78 is 0. The maximum Gasteiger partial charge on any atom is 0.355 e. The van der Waals surface area contributed by atoms with Crippen molar-refractivity contribution in [3.8, 4) is 0 Å². The monoisotopic (exact) mass is 257 g/mol. The molecular formula is C10H15N3O3S. The fraction of sp³-hybridized carbons (Fsp3) is 0.500. The molecule has 1 rings (SSSR count). The van der Waals surface area contributed by atoms with E-state index in [0.717, 1.165) is 0 Å². The normalized spacial score (nSPS) is 10.0. The van der Waals surface area contributed by atoms with E-state index < -0.39 is 5.97 Å². The number of hydrogen-bond acceptors (Lipinski definition) is 4. The van der Waals surface area contributed by atoms with Crippen molar-refractivity contribution in [2.75, 3.05) is 20.1 Å². The van der Waals surface area contributed by atoms with Crippen LogP contribution in [0.25, 0.3) is 0 Å². The molecule has 6 nitrogen and oxygen atoms in total. The maximum atomic E-state index is 11.4. The fourth-order valence-electron chi connectivity index (χ4n) is 1.08. The van der Waals surface area contributed by atoms with Crippen LogP contribution in [0.15, 0.2) is 5.38 Å². The van der Waals surface area contributed by atoms with Crippen molar-refractivity contribution < 1.29 is 14.7 Å². The number of carbonyl (C=O) groups is 2. The molecule has 0 saturated carbocycles. The number of aromatic nitrogens is 1. The van der Waals surface area contributed by atoms with Gasteiger partial charge < -0.3 is 15.3 Å². The fourth-order valence-corrected chi connectivity index (χ4v) is 1.85. The first kappa shape index (κ1) is 13.4. The van der Waals surface area contributed by atoms with Gasteiger partial charge in [0.1, 0.15) is 0 Å². The number of carboxylic acids is 1. The Balaban J connectivity index is 2.35. The quantitative estimate of drug-likeness (QED) is 0.825. The molecule has 2 amide bonds. The van der Waals surface area contributed by atoms with Crippen molar-refractivity contribution >= 4 is 23.3 Å². The number of nitrogens with one attached hydrogen (secondary N) is 1. The van der Waals surface area contributed by atoms with Gasteiger partial charge in [0, 0.05) is 31.9 Å². The van der Waals surface area contributed by atoms with Crippen LogP contribution < -0.4 is 5.32 Å². The summed E-state index contributed by atoms with van der Waals surface area (Å²) in [4.78, 5) is 27.5. The van der Waals surface area contributed by atoms with Crippen molar-refractivity contribution in [2.45, 2.75) is 13.3 Å². The molecule has 0 aliphatic heterocycles. The van der Waals surface area contributed by atoms with Gasteiger partial charge in [-0.15, -0.1) is 11.3 Å². The van der Waals surface area contributed by atoms with Crippen molar-refractivity contribution in [1.82, 2.24) is 15.2 Å². The van der Waals surface area contributed by atoms with Crippen LogP contribution in [0.5, 0.6) is 0 Å². The van der Waals surface area contributed by atoms with E-state index in [1.807, 2.05) is 6.92 Å². The largest absolute Gasteiger partial charge is 0.476 e. The Morgan fingerprint density at radius 1 is 1.59 bits per heavy atom. The highest BCUT2D eigenvalue weighted by atomic mass is 32.1. The third kappa shape index (κ3) is 4.03. The molecule has 0 unspecified atom stereocenters. The van der Waals surface area contributed by atoms with E-state index in [4.69, 9.17) is 5.11 Å². The first-order valence-corrected chi connectivity index (χ1v) is 6.09. The summed E-state index contributed by atoms with van der Waals surface area (Å²) >= 11 is 1.29. The number of urea groups is 1. The third-order valence-corrected chi connectivity index (χ3v) is 3.12. The lowest BCUT2D eigenvalue weighted by Crippen LogP contribution is -2.37. The number of rotatable bonds is 5. The van der Waals surface area contributed by atoms with E-state index in [0.29, 0.717) is 24.5 Å². The van der Waals surface area contributed by atoms with E-state index >= 15 is 0 Å². The van der Waals surface area contributed by atoms with Crippen molar-refractivity contribution in [3.05, 3.63) is 16.1 Å². The average Bonchev–Trinajstić information content (AvgIpc) is 2.76. The number of aromatic carboxylic acids is 1. The van der Waals surface area contributed by atoms with Crippen LogP contribution in [0.3, 0.4) is 0 Å². The zero-order chi connectivity index (χ0) is 12.8. The molecule has 0 radical (unpaired) electrons. The number of thiazole rings is 1. The third-order valence-electron chi connectivity index (χ3n) is 2.21. The lowest BCUT2D eigenvalue weighted by Gasteiger charge is -2.14. The minimum atomic E-state index is -1.03. The van der Waals surface area contributed by atoms with E-state index in [2.05, 4.69) is 10.3 Å². The highest BCUT2D eigenvalue weighted by molar-refractivity contribution is 7.09. The Morgan fingerprint density at radius 2 is 2.29 bits per heavy atom. The molecule has 7 heteroatoms. The zero-order valence-corrected chi connectivity index (χ0v) is 10.6. The predicted octanol–water partition coefficient (Wildman–Crippen LogP) is 1.05. The molecule has 0 aliphatic rings. The van der Waals surface area contributed by atoms with Gasteiger partial charge in [-0.25, -0.2) is 14.6 Å². The highest BCUT2D eigenvalue weighted by Gasteiger charge is 2.09. The summed E-state index contributed by atoms with van der Waals surface area (Å²) in [7, 11) is 1.71. The minimum absolute atomic E-state index is 0.0574. The van der Waals surface area contributed by atoms with Crippen LogP contribution in [0.2, 0.25) is 0 Å². The van der Waals surface area contributed by atoms with Crippen LogP contribution in [0.4, 0.5) is 4.79 Å². The molecule has 94 valence electrons. The molecule has 17 heavy (non-hydrogen) atoms. The van der Waals surface area contributed by atoms with E-state index in [1.165, 1.54) is 16.7 Å². The highest BCUT2D eigenvalue weighted by Crippen LogP contribution is 2.09. The number of amides is 2. The van der Waals surface area contributed by atoms with Crippen molar-refractivity contribution in [3.63, 3.8) is 0 Å². The van der Waals surface area contributed by atoms with Gasteiger partial charge in [-0.2, -0.15) is 0 Å². The first-order valence-electron chi connectivity index (χ1n) is 5.21. The number of hydrogen-bond donors (Lipinski definition) is 2. The lowest BCUT2D eigenvalue weighted by atomic mass is 10.4. The SMILES string of the molecule is CCN(C)C(=O)NCCc1nc(C(=O)O)cs1. The summed E-state index contributed by atoms with van der Waals surface area (Å²) in [5.74, 6) is -1.03. The Kier molecular flexibility index (Phi) is 4.89. The molecule has 1 aromatic rings. The summed E-state index contributed by atoms with van der Waals surface area (Å²) in [6.07, 6.45) is 0.543.